The molecule has 0 spiro atoms. The zero-order valence-electron chi connectivity index (χ0n) is 13.9. The third-order valence-corrected chi connectivity index (χ3v) is 7.41. The molecule has 0 aliphatic carbocycles. The van der Waals surface area contributed by atoms with Crippen LogP contribution in [0, 0.1) is 0 Å². The van der Waals surface area contributed by atoms with E-state index in [0.29, 0.717) is 19.3 Å². The van der Waals surface area contributed by atoms with Gasteiger partial charge < -0.3 is 14.9 Å². The number of aryl methyl sites for hydroxylation is 1. The minimum Gasteiger partial charge on any atom is -0.479 e. The molecule has 1 aromatic carbocycles. The number of hydrogen-bond donors (Lipinski definition) is 2. The second-order valence-corrected chi connectivity index (χ2v) is 8.85. The van der Waals surface area contributed by atoms with Gasteiger partial charge in [-0.25, -0.2) is 4.79 Å². The third kappa shape index (κ3) is 3.55. The molecule has 132 valence electrons. The average Bonchev–Trinajstić information content (AvgIpc) is 3.00. The number of aliphatic carboxylic acids is 1. The first-order valence-corrected chi connectivity index (χ1v) is 10.0. The molecule has 24 heavy (non-hydrogen) atoms. The number of carboxylic acid groups (broad SMARTS) is 1. The molecule has 7 heteroatoms. The van der Waals surface area contributed by atoms with E-state index in [4.69, 9.17) is 0 Å². The molecule has 1 saturated heterocycles. The summed E-state index contributed by atoms with van der Waals surface area (Å²) in [5, 5.41) is 7.67. The average molecular weight is 353 g/mol. The lowest BCUT2D eigenvalue weighted by molar-refractivity contribution is -0.150. The Kier molecular flexibility index (Phi) is 5.83. The van der Waals surface area contributed by atoms with Gasteiger partial charge in [-0.15, -0.1) is 0 Å². The van der Waals surface area contributed by atoms with Crippen LogP contribution in [0.4, 0.5) is 0 Å². The highest BCUT2D eigenvalue weighted by Crippen LogP contribution is 2.61. The van der Waals surface area contributed by atoms with Crippen molar-refractivity contribution in [1.82, 2.24) is 4.90 Å². The van der Waals surface area contributed by atoms with Crippen LogP contribution in [0.25, 0.3) is 0 Å². The summed E-state index contributed by atoms with van der Waals surface area (Å²) in [5.74, 6) is -1.84. The van der Waals surface area contributed by atoms with Crippen molar-refractivity contribution < 1.29 is 24.2 Å². The highest BCUT2D eigenvalue weighted by molar-refractivity contribution is 7.60. The molecule has 1 heterocycles. The molecular weight excluding hydrogens is 329 g/mol. The van der Waals surface area contributed by atoms with Crippen molar-refractivity contribution in [1.29, 1.82) is 0 Å². The van der Waals surface area contributed by atoms with Gasteiger partial charge in [-0.1, -0.05) is 30.3 Å². The van der Waals surface area contributed by atoms with Gasteiger partial charge in [0.05, 0.1) is 0 Å². The number of unbranched alkanes of at least 4 members (excludes halogenated alkanes) is 1. The lowest BCUT2D eigenvalue weighted by Crippen LogP contribution is -2.52. The van der Waals surface area contributed by atoms with Crippen LogP contribution >= 0.6 is 7.37 Å². The number of carbonyl (C=O) groups excluding carboxylic acids is 1. The van der Waals surface area contributed by atoms with Gasteiger partial charge in [-0.3, -0.25) is 9.36 Å². The smallest absolute Gasteiger partial charge is 0.339 e. The molecule has 0 aromatic heterocycles. The molecule has 2 N–H and O–H groups in total. The van der Waals surface area contributed by atoms with Crippen molar-refractivity contribution in [2.45, 2.75) is 44.3 Å². The quantitative estimate of drug-likeness (QED) is 0.580. The largest absolute Gasteiger partial charge is 0.479 e. The van der Waals surface area contributed by atoms with Crippen molar-refractivity contribution in [2.75, 3.05) is 12.7 Å². The molecule has 0 radical (unpaired) electrons. The Morgan fingerprint density at radius 3 is 2.50 bits per heavy atom. The van der Waals surface area contributed by atoms with Gasteiger partial charge in [0.25, 0.3) is 0 Å². The van der Waals surface area contributed by atoms with Gasteiger partial charge in [0.15, 0.2) is 0 Å². The monoisotopic (exact) mass is 353 g/mol. The van der Waals surface area contributed by atoms with Gasteiger partial charge in [0.2, 0.25) is 18.6 Å². The van der Waals surface area contributed by atoms with Crippen LogP contribution < -0.4 is 0 Å². The molecule has 2 atom stereocenters. The highest BCUT2D eigenvalue weighted by Gasteiger charge is 2.60. The maximum Gasteiger partial charge on any atom is 0.339 e. The summed E-state index contributed by atoms with van der Waals surface area (Å²) in [7, 11) is -4.05. The van der Waals surface area contributed by atoms with Crippen molar-refractivity contribution in [3.63, 3.8) is 0 Å². The zero-order chi connectivity index (χ0) is 17.8. The fourth-order valence-corrected chi connectivity index (χ4v) is 5.89. The predicted molar refractivity (Wildman–Crippen MR) is 91.1 cm³/mol. The van der Waals surface area contributed by atoms with Crippen molar-refractivity contribution in [3.8, 4) is 0 Å². The maximum absolute atomic E-state index is 12.9. The van der Waals surface area contributed by atoms with Crippen LogP contribution in [0.3, 0.4) is 0 Å². The van der Waals surface area contributed by atoms with Gasteiger partial charge >= 0.3 is 5.97 Å². The minimum absolute atomic E-state index is 0.0361. The number of rotatable bonds is 7. The lowest BCUT2D eigenvalue weighted by Gasteiger charge is -2.37. The van der Waals surface area contributed by atoms with Gasteiger partial charge in [-0.05, 0) is 37.7 Å². The minimum atomic E-state index is -4.05. The molecule has 0 saturated carbocycles. The standard InChI is InChI=1S/C17H24NO5P/c1-14(19)18-12-7-11-17(18,16(20)21)24(22,23)13-6-5-10-15-8-3-2-4-9-15/h2-4,8-9H,5-7,10-13H2,1H3,(H,20,21)(H,22,23)/t17-/m1/s1. The normalized spacial score (nSPS) is 23.0. The summed E-state index contributed by atoms with van der Waals surface area (Å²) >= 11 is 0. The second-order valence-electron chi connectivity index (χ2n) is 6.26. The van der Waals surface area contributed by atoms with E-state index in [2.05, 4.69) is 0 Å². The fourth-order valence-electron chi connectivity index (χ4n) is 3.44. The molecule has 6 nitrogen and oxygen atoms in total. The fraction of sp³-hybridized carbons (Fsp3) is 0.529. The van der Waals surface area contributed by atoms with Crippen LogP contribution in [0.2, 0.25) is 0 Å². The molecular formula is C17H24NO5P. The number of benzene rings is 1. The Labute approximate surface area is 141 Å². The third-order valence-electron chi connectivity index (χ3n) is 4.67. The molecule has 1 aliphatic rings. The summed E-state index contributed by atoms with van der Waals surface area (Å²) in [6, 6.07) is 9.79. The van der Waals surface area contributed by atoms with Crippen LogP contribution in [0.5, 0.6) is 0 Å². The van der Waals surface area contributed by atoms with E-state index < -0.39 is 24.5 Å². The van der Waals surface area contributed by atoms with E-state index in [9.17, 15) is 24.2 Å². The van der Waals surface area contributed by atoms with Crippen molar-refractivity contribution in [3.05, 3.63) is 35.9 Å². The van der Waals surface area contributed by atoms with Crippen LogP contribution in [0.15, 0.2) is 30.3 Å². The Bertz CT molecular complexity index is 648. The van der Waals surface area contributed by atoms with E-state index in [-0.39, 0.29) is 19.1 Å². The van der Waals surface area contributed by atoms with E-state index in [1.807, 2.05) is 30.3 Å². The van der Waals surface area contributed by atoms with E-state index in [0.717, 1.165) is 16.9 Å². The molecule has 1 aliphatic heterocycles. The van der Waals surface area contributed by atoms with E-state index >= 15 is 0 Å². The number of nitrogens with zero attached hydrogens (tertiary/aromatic N) is 1. The van der Waals surface area contributed by atoms with E-state index in [1.54, 1.807) is 0 Å². The first-order chi connectivity index (χ1) is 11.3. The number of likely N-dealkylation sites (tertiary alicyclic amines) is 1. The molecule has 2 rings (SSSR count). The molecule has 1 fully saturated rings. The Morgan fingerprint density at radius 2 is 1.92 bits per heavy atom. The predicted octanol–water partition coefficient (Wildman–Crippen LogP) is 2.70. The highest BCUT2D eigenvalue weighted by atomic mass is 31.2. The van der Waals surface area contributed by atoms with Gasteiger partial charge in [0, 0.05) is 19.6 Å². The molecule has 0 bridgehead atoms. The Hall–Kier alpha value is -1.65. The topological polar surface area (TPSA) is 94.9 Å². The Morgan fingerprint density at radius 1 is 1.25 bits per heavy atom. The van der Waals surface area contributed by atoms with Gasteiger partial charge in [0.1, 0.15) is 0 Å². The van der Waals surface area contributed by atoms with Crippen LogP contribution in [-0.4, -0.2) is 44.8 Å². The summed E-state index contributed by atoms with van der Waals surface area (Å²) < 4.78 is 12.9. The molecule has 1 aromatic rings. The number of amides is 1. The van der Waals surface area contributed by atoms with Crippen LogP contribution in [0.1, 0.15) is 38.2 Å². The molecule has 1 unspecified atom stereocenters. The molecule has 1 amide bonds. The summed E-state index contributed by atoms with van der Waals surface area (Å²) in [4.78, 5) is 35.2. The summed E-state index contributed by atoms with van der Waals surface area (Å²) in [6.45, 7) is 1.47. The number of hydrogen-bond acceptors (Lipinski definition) is 3. The Balaban J connectivity index is 2.05. The first-order valence-electron chi connectivity index (χ1n) is 8.19. The zero-order valence-corrected chi connectivity index (χ0v) is 14.7. The lowest BCUT2D eigenvalue weighted by atomic mass is 10.1. The van der Waals surface area contributed by atoms with Gasteiger partial charge in [-0.2, -0.15) is 0 Å². The SMILES string of the molecule is CC(=O)N1CCC[C@]1(C(=O)O)P(=O)(O)CCCCc1ccccc1. The maximum atomic E-state index is 12.9. The number of carboxylic acids is 1. The second kappa shape index (κ2) is 7.49. The van der Waals surface area contributed by atoms with Crippen molar-refractivity contribution in [2.24, 2.45) is 0 Å². The number of carbonyl (C=O) groups is 2. The van der Waals surface area contributed by atoms with Crippen LogP contribution in [-0.2, 0) is 20.6 Å². The first kappa shape index (κ1) is 18.7. The van der Waals surface area contributed by atoms with E-state index in [1.165, 1.54) is 6.92 Å². The summed E-state index contributed by atoms with van der Waals surface area (Å²) in [6.07, 6.45) is 2.30. The van der Waals surface area contributed by atoms with Crippen molar-refractivity contribution >= 4 is 19.2 Å². The summed E-state index contributed by atoms with van der Waals surface area (Å²) in [5.41, 5.74) is 1.14.